The Bertz CT molecular complexity index is 270. The van der Waals surface area contributed by atoms with Crippen molar-refractivity contribution in [2.45, 2.75) is 6.18 Å². The molecule has 0 unspecified atom stereocenters. The first-order chi connectivity index (χ1) is 5.55. The minimum absolute atomic E-state index is 0.259. The summed E-state index contributed by atoms with van der Waals surface area (Å²) in [6, 6.07) is 2.17. The van der Waals surface area contributed by atoms with Gasteiger partial charge < -0.3 is 5.32 Å². The molecule has 0 atom stereocenters. The van der Waals surface area contributed by atoms with Gasteiger partial charge >= 0.3 is 6.18 Å². The van der Waals surface area contributed by atoms with E-state index in [1.54, 1.807) is 0 Å². The molecule has 2 nitrogen and oxygen atoms in total. The number of pyridine rings is 1. The lowest BCUT2D eigenvalue weighted by molar-refractivity contribution is -0.137. The van der Waals surface area contributed by atoms with Crippen LogP contribution in [-0.4, -0.2) is 4.98 Å². The Morgan fingerprint density at radius 3 is 2.50 bits per heavy atom. The molecule has 0 aliphatic carbocycles. The Labute approximate surface area is 67.4 Å². The van der Waals surface area contributed by atoms with E-state index < -0.39 is 11.7 Å². The van der Waals surface area contributed by atoms with E-state index in [9.17, 15) is 13.2 Å². The molecule has 1 heterocycles. The fourth-order valence-electron chi connectivity index (χ4n) is 0.775. The normalized spacial score (nSPS) is 11.3. The highest BCUT2D eigenvalue weighted by Gasteiger charge is 2.33. The van der Waals surface area contributed by atoms with Crippen LogP contribution in [0.15, 0.2) is 18.3 Å². The predicted octanol–water partition coefficient (Wildman–Crippen LogP) is 2.30. The monoisotopic (exact) mass is 175 g/mol. The fraction of sp³-hybridized carbons (Fsp3) is 0.143. The Balaban J connectivity index is 3.14. The van der Waals surface area contributed by atoms with Crippen molar-refractivity contribution in [3.63, 3.8) is 0 Å². The van der Waals surface area contributed by atoms with Gasteiger partial charge in [-0.2, -0.15) is 13.2 Å². The summed E-state index contributed by atoms with van der Waals surface area (Å²) in [6.07, 6.45) is -3.11. The van der Waals surface area contributed by atoms with Gasteiger partial charge in [0, 0.05) is 13.2 Å². The van der Waals surface area contributed by atoms with Crippen LogP contribution in [0.5, 0.6) is 0 Å². The number of alkyl halides is 3. The lowest BCUT2D eigenvalue weighted by atomic mass is 10.2. The van der Waals surface area contributed by atoms with Crippen molar-refractivity contribution in [2.24, 2.45) is 0 Å². The molecule has 0 aliphatic rings. The molecule has 0 fully saturated rings. The summed E-state index contributed by atoms with van der Waals surface area (Å²) in [7, 11) is 3.12. The Kier molecular flexibility index (Phi) is 2.21. The highest BCUT2D eigenvalue weighted by atomic mass is 19.4. The summed E-state index contributed by atoms with van der Waals surface area (Å²) >= 11 is 0. The molecular formula is C7H6F3N2. The average molecular weight is 175 g/mol. The molecule has 0 aliphatic heterocycles. The summed E-state index contributed by atoms with van der Waals surface area (Å²) in [6.45, 7) is 0. The topological polar surface area (TPSA) is 24.9 Å². The van der Waals surface area contributed by atoms with Gasteiger partial charge in [-0.25, -0.2) is 4.98 Å². The van der Waals surface area contributed by atoms with Gasteiger partial charge in [-0.15, -0.1) is 0 Å². The van der Waals surface area contributed by atoms with Crippen molar-refractivity contribution in [3.05, 3.63) is 30.9 Å². The molecular weight excluding hydrogens is 169 g/mol. The minimum Gasteiger partial charge on any atom is -0.368 e. The molecule has 1 rings (SSSR count). The quantitative estimate of drug-likeness (QED) is 0.708. The highest BCUT2D eigenvalue weighted by Crippen LogP contribution is 2.32. The van der Waals surface area contributed by atoms with Crippen molar-refractivity contribution >= 4 is 5.82 Å². The molecule has 1 aromatic heterocycles. The largest absolute Gasteiger partial charge is 0.419 e. The van der Waals surface area contributed by atoms with E-state index in [0.29, 0.717) is 0 Å². The van der Waals surface area contributed by atoms with Crippen LogP contribution in [0.4, 0.5) is 19.0 Å². The van der Waals surface area contributed by atoms with Crippen LogP contribution < -0.4 is 5.32 Å². The second-order valence-corrected chi connectivity index (χ2v) is 2.07. The zero-order valence-electron chi connectivity index (χ0n) is 6.02. The van der Waals surface area contributed by atoms with Crippen molar-refractivity contribution in [1.82, 2.24) is 4.98 Å². The number of anilines is 1. The van der Waals surface area contributed by atoms with Gasteiger partial charge in [-0.3, -0.25) is 0 Å². The van der Waals surface area contributed by atoms with Crippen LogP contribution in [0.1, 0.15) is 5.56 Å². The van der Waals surface area contributed by atoms with Crippen LogP contribution in [0.2, 0.25) is 0 Å². The van der Waals surface area contributed by atoms with Gasteiger partial charge in [-0.1, -0.05) is 0 Å². The minimum atomic E-state index is -4.38. The van der Waals surface area contributed by atoms with Crippen LogP contribution >= 0.6 is 0 Å². The number of rotatable bonds is 1. The van der Waals surface area contributed by atoms with E-state index in [2.05, 4.69) is 17.3 Å². The first-order valence-electron chi connectivity index (χ1n) is 3.11. The van der Waals surface area contributed by atoms with E-state index >= 15 is 0 Å². The van der Waals surface area contributed by atoms with Crippen LogP contribution in [0, 0.1) is 7.05 Å². The first-order valence-corrected chi connectivity index (χ1v) is 3.11. The van der Waals surface area contributed by atoms with E-state index in [-0.39, 0.29) is 5.82 Å². The second-order valence-electron chi connectivity index (χ2n) is 2.07. The number of hydrogen-bond donors (Lipinski definition) is 1. The van der Waals surface area contributed by atoms with Gasteiger partial charge in [0.1, 0.15) is 5.82 Å². The maximum absolute atomic E-state index is 12.1. The third-order valence-electron chi connectivity index (χ3n) is 1.28. The summed E-state index contributed by atoms with van der Waals surface area (Å²) in [4.78, 5) is 3.47. The Morgan fingerprint density at radius 2 is 2.08 bits per heavy atom. The summed E-state index contributed by atoms with van der Waals surface area (Å²) in [5.74, 6) is -0.259. The van der Waals surface area contributed by atoms with Gasteiger partial charge in [0.05, 0.1) is 5.56 Å². The molecule has 0 amide bonds. The molecule has 1 aromatic rings. The summed E-state index contributed by atoms with van der Waals surface area (Å²) in [5.41, 5.74) is -0.806. The van der Waals surface area contributed by atoms with Gasteiger partial charge in [0.15, 0.2) is 0 Å². The SMILES string of the molecule is [CH2]Nc1ncccc1C(F)(F)F. The molecule has 0 saturated carbocycles. The number of hydrogen-bond acceptors (Lipinski definition) is 2. The van der Waals surface area contributed by atoms with Gasteiger partial charge in [-0.05, 0) is 12.1 Å². The molecule has 1 radical (unpaired) electrons. The third-order valence-corrected chi connectivity index (χ3v) is 1.28. The van der Waals surface area contributed by atoms with Crippen LogP contribution in [0.25, 0.3) is 0 Å². The van der Waals surface area contributed by atoms with E-state index in [0.717, 1.165) is 6.07 Å². The average Bonchev–Trinajstić information content (AvgIpc) is 2.03. The van der Waals surface area contributed by atoms with Crippen molar-refractivity contribution in [3.8, 4) is 0 Å². The fourth-order valence-corrected chi connectivity index (χ4v) is 0.775. The van der Waals surface area contributed by atoms with Crippen molar-refractivity contribution in [1.29, 1.82) is 0 Å². The zero-order valence-corrected chi connectivity index (χ0v) is 6.02. The molecule has 1 N–H and O–H groups in total. The molecule has 65 valence electrons. The number of nitrogens with zero attached hydrogens (tertiary/aromatic N) is 1. The lowest BCUT2D eigenvalue weighted by Gasteiger charge is -2.09. The molecule has 0 bridgehead atoms. The van der Waals surface area contributed by atoms with Gasteiger partial charge in [0.2, 0.25) is 0 Å². The first kappa shape index (κ1) is 8.83. The molecule has 0 spiro atoms. The Morgan fingerprint density at radius 1 is 1.42 bits per heavy atom. The molecule has 0 aromatic carbocycles. The standard InChI is InChI=1S/C7H6F3N2/c1-11-6-5(7(8,9)10)3-2-4-12-6/h2-4H,1H2,(H,11,12). The number of aromatic nitrogens is 1. The van der Waals surface area contributed by atoms with Crippen LogP contribution in [-0.2, 0) is 6.18 Å². The van der Waals surface area contributed by atoms with Crippen LogP contribution in [0.3, 0.4) is 0 Å². The van der Waals surface area contributed by atoms with E-state index in [4.69, 9.17) is 0 Å². The van der Waals surface area contributed by atoms with Gasteiger partial charge in [0.25, 0.3) is 0 Å². The molecule has 0 saturated heterocycles. The molecule has 5 heteroatoms. The Hall–Kier alpha value is -1.26. The zero-order chi connectivity index (χ0) is 9.19. The second kappa shape index (κ2) is 3.00. The third kappa shape index (κ3) is 1.66. The number of halogens is 3. The van der Waals surface area contributed by atoms with Crippen molar-refractivity contribution in [2.75, 3.05) is 5.32 Å². The number of nitrogens with one attached hydrogen (secondary N) is 1. The van der Waals surface area contributed by atoms with Crippen molar-refractivity contribution < 1.29 is 13.2 Å². The van der Waals surface area contributed by atoms with E-state index in [1.807, 2.05) is 0 Å². The van der Waals surface area contributed by atoms with E-state index in [1.165, 1.54) is 12.3 Å². The maximum Gasteiger partial charge on any atom is 0.419 e. The molecule has 12 heavy (non-hydrogen) atoms. The maximum atomic E-state index is 12.1. The summed E-state index contributed by atoms with van der Waals surface area (Å²) in [5, 5.41) is 2.12. The summed E-state index contributed by atoms with van der Waals surface area (Å²) < 4.78 is 36.4. The smallest absolute Gasteiger partial charge is 0.368 e. The predicted molar refractivity (Wildman–Crippen MR) is 38.2 cm³/mol. The highest BCUT2D eigenvalue weighted by molar-refractivity contribution is 5.45. The lowest BCUT2D eigenvalue weighted by Crippen LogP contribution is -2.09.